The quantitative estimate of drug-likeness (QED) is 0.214. The molecule has 0 aliphatic heterocycles. The Hall–Kier alpha value is -4.23. The molecule has 176 valence electrons. The average Bonchev–Trinajstić information content (AvgIpc) is 3.21. The van der Waals surface area contributed by atoms with Gasteiger partial charge in [-0.1, -0.05) is 118 Å². The first-order valence-electron chi connectivity index (χ1n) is 13.2. The highest BCUT2D eigenvalue weighted by molar-refractivity contribution is 6.09. The Balaban J connectivity index is 1.71. The molecular formula is C36H27N. The molecule has 2 aliphatic carbocycles. The molecule has 0 fully saturated rings. The van der Waals surface area contributed by atoms with Crippen molar-refractivity contribution in [3.05, 3.63) is 137 Å². The van der Waals surface area contributed by atoms with E-state index in [9.17, 15) is 0 Å². The van der Waals surface area contributed by atoms with Crippen LogP contribution in [-0.4, -0.2) is 4.98 Å². The van der Waals surface area contributed by atoms with Gasteiger partial charge in [-0.15, -0.1) is 0 Å². The summed E-state index contributed by atoms with van der Waals surface area (Å²) in [6, 6.07) is 38.6. The molecule has 37 heavy (non-hydrogen) atoms. The Labute approximate surface area is 217 Å². The number of hydrogen-bond acceptors (Lipinski definition) is 1. The van der Waals surface area contributed by atoms with Crippen LogP contribution in [0.1, 0.15) is 48.6 Å². The summed E-state index contributed by atoms with van der Waals surface area (Å²) in [4.78, 5) is 5.04. The zero-order valence-corrected chi connectivity index (χ0v) is 21.3. The van der Waals surface area contributed by atoms with E-state index in [2.05, 4.69) is 124 Å². The topological polar surface area (TPSA) is 12.9 Å². The lowest BCUT2D eigenvalue weighted by atomic mass is 9.60. The summed E-state index contributed by atoms with van der Waals surface area (Å²) < 4.78 is 0. The van der Waals surface area contributed by atoms with Gasteiger partial charge in [0.15, 0.2) is 0 Å². The van der Waals surface area contributed by atoms with Gasteiger partial charge in [0.05, 0.1) is 11.1 Å². The zero-order chi connectivity index (χ0) is 24.9. The minimum atomic E-state index is -0.418. The van der Waals surface area contributed by atoms with E-state index in [1.165, 1.54) is 66.1 Å². The molecule has 0 radical (unpaired) electrons. The van der Waals surface area contributed by atoms with Gasteiger partial charge in [-0.2, -0.15) is 0 Å². The lowest BCUT2D eigenvalue weighted by molar-refractivity contribution is 0.588. The summed E-state index contributed by atoms with van der Waals surface area (Å²) in [5.74, 6) is 0. The Morgan fingerprint density at radius 2 is 1.27 bits per heavy atom. The minimum Gasteiger partial charge on any atom is -0.256 e. The first-order valence-corrected chi connectivity index (χ1v) is 13.2. The summed E-state index contributed by atoms with van der Waals surface area (Å²) in [5.41, 5.74) is 11.4. The summed E-state index contributed by atoms with van der Waals surface area (Å²) in [7, 11) is 0. The molecule has 0 atom stereocenters. The smallest absolute Gasteiger partial charge is 0.0787 e. The summed E-state index contributed by atoms with van der Waals surface area (Å²) >= 11 is 0. The van der Waals surface area contributed by atoms with E-state index in [-0.39, 0.29) is 5.41 Å². The van der Waals surface area contributed by atoms with Crippen molar-refractivity contribution in [3.63, 3.8) is 0 Å². The van der Waals surface area contributed by atoms with E-state index in [1.807, 2.05) is 6.20 Å². The number of aromatic nitrogens is 1. The van der Waals surface area contributed by atoms with E-state index >= 15 is 0 Å². The fraction of sp³-hybridized carbons (Fsp3) is 0.139. The molecule has 1 nitrogen and oxygen atoms in total. The van der Waals surface area contributed by atoms with Gasteiger partial charge in [0, 0.05) is 17.1 Å². The van der Waals surface area contributed by atoms with Crippen LogP contribution in [0, 0.1) is 0 Å². The van der Waals surface area contributed by atoms with Crippen molar-refractivity contribution in [2.45, 2.75) is 31.6 Å². The summed E-state index contributed by atoms with van der Waals surface area (Å²) in [5, 5.41) is 5.12. The van der Waals surface area contributed by atoms with Crippen LogP contribution in [0.4, 0.5) is 0 Å². The summed E-state index contributed by atoms with van der Waals surface area (Å²) in [6.07, 6.45) is 1.99. The number of benzene rings is 5. The van der Waals surface area contributed by atoms with E-state index in [4.69, 9.17) is 4.98 Å². The first-order chi connectivity index (χ1) is 18.0. The zero-order valence-electron chi connectivity index (χ0n) is 21.3. The molecule has 5 aromatic carbocycles. The van der Waals surface area contributed by atoms with Gasteiger partial charge < -0.3 is 0 Å². The van der Waals surface area contributed by atoms with Crippen molar-refractivity contribution in [1.82, 2.24) is 4.98 Å². The Kier molecular flexibility index (Phi) is 3.93. The third-order valence-electron chi connectivity index (χ3n) is 8.64. The monoisotopic (exact) mass is 473 g/mol. The van der Waals surface area contributed by atoms with Crippen molar-refractivity contribution in [2.24, 2.45) is 0 Å². The maximum Gasteiger partial charge on any atom is 0.0787 e. The Bertz CT molecular complexity index is 1870. The molecule has 6 aromatic rings. The number of nitrogens with zero attached hydrogens (tertiary/aromatic N) is 1. The summed E-state index contributed by atoms with van der Waals surface area (Å²) in [6.45, 7) is 6.95. The normalized spacial score (nSPS) is 14.6. The molecule has 1 spiro atoms. The van der Waals surface area contributed by atoms with Gasteiger partial charge in [-0.05, 0) is 66.6 Å². The van der Waals surface area contributed by atoms with Crippen molar-refractivity contribution in [1.29, 1.82) is 0 Å². The van der Waals surface area contributed by atoms with Crippen molar-refractivity contribution in [3.8, 4) is 22.4 Å². The van der Waals surface area contributed by atoms with Crippen molar-refractivity contribution < 1.29 is 0 Å². The van der Waals surface area contributed by atoms with Gasteiger partial charge in [0.2, 0.25) is 0 Å². The highest BCUT2D eigenvalue weighted by atomic mass is 14.7. The predicted octanol–water partition coefficient (Wildman–Crippen LogP) is 9.03. The molecule has 8 rings (SSSR count). The van der Waals surface area contributed by atoms with E-state index < -0.39 is 5.41 Å². The Morgan fingerprint density at radius 3 is 2.00 bits per heavy atom. The average molecular weight is 474 g/mol. The molecule has 0 unspecified atom stereocenters. The number of hydrogen-bond donors (Lipinski definition) is 0. The highest BCUT2D eigenvalue weighted by Gasteiger charge is 2.51. The largest absolute Gasteiger partial charge is 0.256 e. The molecule has 0 bridgehead atoms. The van der Waals surface area contributed by atoms with Gasteiger partial charge in [0.1, 0.15) is 0 Å². The molecular weight excluding hydrogens is 446 g/mol. The van der Waals surface area contributed by atoms with E-state index in [0.29, 0.717) is 0 Å². The maximum absolute atomic E-state index is 5.04. The predicted molar refractivity (Wildman–Crippen MR) is 154 cm³/mol. The van der Waals surface area contributed by atoms with Crippen LogP contribution in [0.5, 0.6) is 0 Å². The van der Waals surface area contributed by atoms with Crippen molar-refractivity contribution >= 4 is 21.5 Å². The lowest BCUT2D eigenvalue weighted by Crippen LogP contribution is -2.33. The van der Waals surface area contributed by atoms with Crippen LogP contribution in [0.3, 0.4) is 0 Å². The van der Waals surface area contributed by atoms with Gasteiger partial charge >= 0.3 is 0 Å². The second-order valence-electron chi connectivity index (χ2n) is 11.6. The number of fused-ring (bicyclic) bond motifs is 11. The van der Waals surface area contributed by atoms with Crippen molar-refractivity contribution in [2.75, 3.05) is 0 Å². The SMILES string of the molecule is CC(C)(C)c1cc2c3c(nccc3c1)-c1ccc3ccccc3c1C21c2ccccc2-c2ccccc21. The third-order valence-corrected chi connectivity index (χ3v) is 8.64. The van der Waals surface area contributed by atoms with Crippen LogP contribution in [0.25, 0.3) is 43.9 Å². The number of rotatable bonds is 0. The van der Waals surface area contributed by atoms with Gasteiger partial charge in [0.25, 0.3) is 0 Å². The Morgan fingerprint density at radius 1 is 0.595 bits per heavy atom. The van der Waals surface area contributed by atoms with Crippen LogP contribution in [-0.2, 0) is 10.8 Å². The van der Waals surface area contributed by atoms with Gasteiger partial charge in [-0.3, -0.25) is 4.98 Å². The standard InChI is InChI=1S/C36H27N/c1-35(2,3)24-20-23-18-19-37-34-28-17-16-22-10-4-5-11-25(22)33(28)36(31(21-24)32(23)34)29-14-8-6-12-26(29)27-13-7-9-15-30(27)36/h4-21H,1-3H3. The molecule has 1 aromatic heterocycles. The van der Waals surface area contributed by atoms with Crippen LogP contribution in [0.2, 0.25) is 0 Å². The molecule has 0 saturated carbocycles. The molecule has 0 amide bonds. The first kappa shape index (κ1) is 20.9. The molecule has 2 aliphatic rings. The second kappa shape index (κ2) is 6.95. The molecule has 1 heteroatoms. The van der Waals surface area contributed by atoms with Crippen LogP contribution in [0.15, 0.2) is 109 Å². The second-order valence-corrected chi connectivity index (χ2v) is 11.6. The molecule has 1 heterocycles. The molecule has 0 N–H and O–H groups in total. The maximum atomic E-state index is 5.04. The third kappa shape index (κ3) is 2.52. The lowest BCUT2D eigenvalue weighted by Gasteiger charge is -2.41. The van der Waals surface area contributed by atoms with Gasteiger partial charge in [-0.25, -0.2) is 0 Å². The number of pyridine rings is 1. The fourth-order valence-corrected chi connectivity index (χ4v) is 7.05. The fourth-order valence-electron chi connectivity index (χ4n) is 7.05. The van der Waals surface area contributed by atoms with Crippen LogP contribution < -0.4 is 0 Å². The van der Waals surface area contributed by atoms with E-state index in [0.717, 1.165) is 5.69 Å². The van der Waals surface area contributed by atoms with Crippen LogP contribution >= 0.6 is 0 Å². The van der Waals surface area contributed by atoms with E-state index in [1.54, 1.807) is 0 Å². The highest BCUT2D eigenvalue weighted by Crippen LogP contribution is 2.63. The molecule has 0 saturated heterocycles. The minimum absolute atomic E-state index is 0.0198.